The summed E-state index contributed by atoms with van der Waals surface area (Å²) >= 11 is 0. The molecule has 0 unspecified atom stereocenters. The maximum absolute atomic E-state index is 12.5. The molecule has 1 amide bonds. The van der Waals surface area contributed by atoms with Crippen LogP contribution < -0.4 is 5.32 Å². The number of amides is 1. The minimum Gasteiger partial charge on any atom is -0.382 e. The summed E-state index contributed by atoms with van der Waals surface area (Å²) < 4.78 is 5.56. The van der Waals surface area contributed by atoms with Gasteiger partial charge in [-0.15, -0.1) is 0 Å². The summed E-state index contributed by atoms with van der Waals surface area (Å²) in [6, 6.07) is 0. The van der Waals surface area contributed by atoms with Gasteiger partial charge in [0.15, 0.2) is 5.96 Å². The van der Waals surface area contributed by atoms with Crippen LogP contribution in [0.25, 0.3) is 0 Å². The number of rotatable bonds is 9. The number of carbonyl (C=O) groups is 1. The van der Waals surface area contributed by atoms with Gasteiger partial charge in [0.1, 0.15) is 0 Å². The Kier molecular flexibility index (Phi) is 8.60. The van der Waals surface area contributed by atoms with Gasteiger partial charge in [-0.3, -0.25) is 14.7 Å². The summed E-state index contributed by atoms with van der Waals surface area (Å²) in [7, 11) is 0. The molecule has 1 aliphatic carbocycles. The molecular weight excluding hydrogens is 366 g/mol. The van der Waals surface area contributed by atoms with Crippen LogP contribution in [0.15, 0.2) is 4.99 Å². The molecule has 7 nitrogen and oxygen atoms in total. The molecule has 0 bridgehead atoms. The van der Waals surface area contributed by atoms with Gasteiger partial charge in [0.25, 0.3) is 0 Å². The molecule has 0 radical (unpaired) electrons. The molecule has 29 heavy (non-hydrogen) atoms. The lowest BCUT2D eigenvalue weighted by Gasteiger charge is -2.37. The number of nitrogens with zero attached hydrogens (tertiary/aromatic N) is 4. The molecule has 0 spiro atoms. The van der Waals surface area contributed by atoms with Crippen molar-refractivity contribution in [1.29, 1.82) is 0 Å². The molecule has 3 rings (SSSR count). The van der Waals surface area contributed by atoms with E-state index in [9.17, 15) is 4.79 Å². The molecule has 7 heteroatoms. The summed E-state index contributed by atoms with van der Waals surface area (Å²) in [6.45, 7) is 13.8. The van der Waals surface area contributed by atoms with Crippen LogP contribution in [0.5, 0.6) is 0 Å². The molecule has 1 N–H and O–H groups in total. The van der Waals surface area contributed by atoms with Crippen LogP contribution >= 0.6 is 0 Å². The van der Waals surface area contributed by atoms with Crippen molar-refractivity contribution >= 4 is 11.9 Å². The number of hydrogen-bond acceptors (Lipinski definition) is 4. The molecule has 1 saturated carbocycles. The zero-order valence-corrected chi connectivity index (χ0v) is 18.6. The Balaban J connectivity index is 1.44. The first kappa shape index (κ1) is 22.3. The largest absolute Gasteiger partial charge is 0.382 e. The van der Waals surface area contributed by atoms with E-state index < -0.39 is 0 Å². The second-order valence-corrected chi connectivity index (χ2v) is 8.82. The third-order valence-electron chi connectivity index (χ3n) is 6.58. The van der Waals surface area contributed by atoms with Crippen LogP contribution in [0, 0.1) is 5.41 Å². The predicted octanol–water partition coefficient (Wildman–Crippen LogP) is 1.79. The van der Waals surface area contributed by atoms with Gasteiger partial charge in [0.2, 0.25) is 5.91 Å². The molecule has 2 saturated heterocycles. The third kappa shape index (κ3) is 6.85. The molecule has 0 aromatic heterocycles. The van der Waals surface area contributed by atoms with Crippen molar-refractivity contribution in [2.45, 2.75) is 52.4 Å². The summed E-state index contributed by atoms with van der Waals surface area (Å²) in [4.78, 5) is 24.3. The van der Waals surface area contributed by atoms with Gasteiger partial charge in [0.05, 0.1) is 6.54 Å². The fourth-order valence-electron chi connectivity index (χ4n) is 4.32. The Bertz CT molecular complexity index is 535. The average Bonchev–Trinajstić information content (AvgIpc) is 3.52. The van der Waals surface area contributed by atoms with Crippen LogP contribution in [0.1, 0.15) is 52.4 Å². The van der Waals surface area contributed by atoms with E-state index in [1.54, 1.807) is 0 Å². The number of piperidine rings is 1. The predicted molar refractivity (Wildman–Crippen MR) is 117 cm³/mol. The van der Waals surface area contributed by atoms with Crippen molar-refractivity contribution in [1.82, 2.24) is 20.0 Å². The highest BCUT2D eigenvalue weighted by Crippen LogP contribution is 2.49. The van der Waals surface area contributed by atoms with Crippen molar-refractivity contribution in [2.75, 3.05) is 72.1 Å². The molecule has 2 heterocycles. The van der Waals surface area contributed by atoms with E-state index in [0.717, 1.165) is 90.8 Å². The molecule has 0 aromatic carbocycles. The summed E-state index contributed by atoms with van der Waals surface area (Å²) in [6.07, 6.45) is 7.25. The fourth-order valence-corrected chi connectivity index (χ4v) is 4.32. The monoisotopic (exact) mass is 407 g/mol. The Morgan fingerprint density at radius 3 is 2.34 bits per heavy atom. The van der Waals surface area contributed by atoms with E-state index in [1.807, 2.05) is 0 Å². The van der Waals surface area contributed by atoms with Gasteiger partial charge in [-0.2, -0.15) is 0 Å². The first-order chi connectivity index (χ1) is 14.2. The zero-order valence-electron chi connectivity index (χ0n) is 18.6. The number of hydrogen-bond donors (Lipinski definition) is 1. The van der Waals surface area contributed by atoms with Crippen molar-refractivity contribution in [2.24, 2.45) is 10.4 Å². The molecule has 3 aliphatic rings. The van der Waals surface area contributed by atoms with Gasteiger partial charge in [0, 0.05) is 65.6 Å². The highest BCUT2D eigenvalue weighted by Gasteiger charge is 2.42. The van der Waals surface area contributed by atoms with E-state index in [2.05, 4.69) is 33.9 Å². The van der Waals surface area contributed by atoms with E-state index >= 15 is 0 Å². The van der Waals surface area contributed by atoms with Gasteiger partial charge in [-0.05, 0) is 57.8 Å². The fraction of sp³-hybridized carbons (Fsp3) is 0.909. The average molecular weight is 408 g/mol. The number of aliphatic imine (C=N–C) groups is 1. The normalized spacial score (nSPS) is 22.6. The maximum Gasteiger partial charge on any atom is 0.236 e. The Morgan fingerprint density at radius 1 is 1.00 bits per heavy atom. The van der Waals surface area contributed by atoms with Gasteiger partial charge in [-0.1, -0.05) is 0 Å². The van der Waals surface area contributed by atoms with E-state index in [1.165, 1.54) is 19.3 Å². The SMILES string of the molecule is CCNC(=NCC1(CCOCC)CC1)N1CCN(CC(=O)N2CCCCC2)CC1. The van der Waals surface area contributed by atoms with Crippen molar-refractivity contribution in [3.8, 4) is 0 Å². The summed E-state index contributed by atoms with van der Waals surface area (Å²) in [5.41, 5.74) is 0.374. The topological polar surface area (TPSA) is 60.4 Å². The highest BCUT2D eigenvalue weighted by molar-refractivity contribution is 5.80. The van der Waals surface area contributed by atoms with E-state index in [0.29, 0.717) is 17.9 Å². The second-order valence-electron chi connectivity index (χ2n) is 8.82. The standard InChI is InChI=1S/C22H41N5O2/c1-3-23-21(24-19-22(8-9-22)10-17-29-4-2)27-15-13-25(14-16-27)18-20(28)26-11-6-5-7-12-26/h3-19H2,1-2H3,(H,23,24). The lowest BCUT2D eigenvalue weighted by molar-refractivity contribution is -0.133. The Hall–Kier alpha value is -1.34. The number of ether oxygens (including phenoxy) is 1. The number of guanidine groups is 1. The summed E-state index contributed by atoms with van der Waals surface area (Å²) in [5, 5.41) is 3.48. The third-order valence-corrected chi connectivity index (χ3v) is 6.58. The summed E-state index contributed by atoms with van der Waals surface area (Å²) in [5.74, 6) is 1.35. The van der Waals surface area contributed by atoms with Crippen LogP contribution in [0.2, 0.25) is 0 Å². The smallest absolute Gasteiger partial charge is 0.236 e. The van der Waals surface area contributed by atoms with Crippen molar-refractivity contribution < 1.29 is 9.53 Å². The number of carbonyl (C=O) groups excluding carboxylic acids is 1. The molecular formula is C22H41N5O2. The zero-order chi connectivity index (χ0) is 20.5. The molecule has 2 aliphatic heterocycles. The van der Waals surface area contributed by atoms with E-state index in [-0.39, 0.29) is 0 Å². The lowest BCUT2D eigenvalue weighted by Crippen LogP contribution is -2.54. The maximum atomic E-state index is 12.5. The van der Waals surface area contributed by atoms with Crippen molar-refractivity contribution in [3.05, 3.63) is 0 Å². The van der Waals surface area contributed by atoms with Crippen LogP contribution in [-0.4, -0.2) is 98.7 Å². The minimum atomic E-state index is 0.309. The van der Waals surface area contributed by atoms with Crippen LogP contribution in [0.3, 0.4) is 0 Å². The molecule has 166 valence electrons. The van der Waals surface area contributed by atoms with E-state index in [4.69, 9.17) is 9.73 Å². The lowest BCUT2D eigenvalue weighted by atomic mass is 10.0. The molecule has 0 aromatic rings. The van der Waals surface area contributed by atoms with Gasteiger partial charge >= 0.3 is 0 Å². The number of piperazine rings is 1. The minimum absolute atomic E-state index is 0.309. The Morgan fingerprint density at radius 2 is 1.72 bits per heavy atom. The first-order valence-corrected chi connectivity index (χ1v) is 11.8. The first-order valence-electron chi connectivity index (χ1n) is 11.8. The van der Waals surface area contributed by atoms with Crippen LogP contribution in [-0.2, 0) is 9.53 Å². The number of likely N-dealkylation sites (tertiary alicyclic amines) is 1. The Labute approximate surface area is 176 Å². The molecule has 0 atom stereocenters. The molecule has 3 fully saturated rings. The van der Waals surface area contributed by atoms with Crippen LogP contribution in [0.4, 0.5) is 0 Å². The highest BCUT2D eigenvalue weighted by atomic mass is 16.5. The quantitative estimate of drug-likeness (QED) is 0.359. The van der Waals surface area contributed by atoms with Gasteiger partial charge < -0.3 is 19.9 Å². The van der Waals surface area contributed by atoms with Gasteiger partial charge in [-0.25, -0.2) is 0 Å². The number of nitrogens with one attached hydrogen (secondary N) is 1. The second kappa shape index (κ2) is 11.2. The van der Waals surface area contributed by atoms with Crippen molar-refractivity contribution in [3.63, 3.8) is 0 Å².